The van der Waals surface area contributed by atoms with Gasteiger partial charge in [0.1, 0.15) is 5.54 Å². The molecule has 0 aromatic rings. The molecule has 1 saturated carbocycles. The molecule has 2 aliphatic rings. The van der Waals surface area contributed by atoms with Gasteiger partial charge in [-0.05, 0) is 38.3 Å². The van der Waals surface area contributed by atoms with Gasteiger partial charge in [0.05, 0.1) is 7.11 Å². The van der Waals surface area contributed by atoms with Gasteiger partial charge < -0.3 is 15.4 Å². The Bertz CT molecular complexity index is 340. The van der Waals surface area contributed by atoms with Gasteiger partial charge >= 0.3 is 5.97 Å². The molecule has 104 valence electrons. The first kappa shape index (κ1) is 15.2. The van der Waals surface area contributed by atoms with Crippen molar-refractivity contribution < 1.29 is 14.3 Å². The number of halogens is 1. The molecule has 0 aromatic heterocycles. The Kier molecular flexibility index (Phi) is 4.61. The van der Waals surface area contributed by atoms with Crippen LogP contribution in [0.25, 0.3) is 0 Å². The van der Waals surface area contributed by atoms with Crippen molar-refractivity contribution in [3.63, 3.8) is 0 Å². The van der Waals surface area contributed by atoms with E-state index in [2.05, 4.69) is 10.6 Å². The lowest BCUT2D eigenvalue weighted by molar-refractivity contribution is -0.150. The number of amides is 1. The van der Waals surface area contributed by atoms with E-state index in [-0.39, 0.29) is 30.2 Å². The van der Waals surface area contributed by atoms with Gasteiger partial charge in [-0.1, -0.05) is 6.92 Å². The number of carbonyl (C=O) groups excluding carboxylic acids is 2. The molecule has 4 atom stereocenters. The zero-order valence-electron chi connectivity index (χ0n) is 11.0. The number of carbonyl (C=O) groups is 2. The van der Waals surface area contributed by atoms with Gasteiger partial charge in [0.2, 0.25) is 5.91 Å². The number of piperidine rings is 1. The molecular weight excluding hydrogens is 256 g/mol. The molecule has 0 spiro atoms. The Morgan fingerprint density at radius 3 is 2.39 bits per heavy atom. The maximum atomic E-state index is 12.1. The zero-order valence-corrected chi connectivity index (χ0v) is 11.8. The van der Waals surface area contributed by atoms with Crippen molar-refractivity contribution in [1.82, 2.24) is 10.6 Å². The highest BCUT2D eigenvalue weighted by Crippen LogP contribution is 2.48. The Hall–Kier alpha value is -0.810. The van der Waals surface area contributed by atoms with Crippen LogP contribution in [-0.4, -0.2) is 37.6 Å². The number of nitrogens with one attached hydrogen (secondary N) is 2. The molecule has 2 rings (SSSR count). The smallest absolute Gasteiger partial charge is 0.331 e. The first-order chi connectivity index (χ1) is 8.03. The summed E-state index contributed by atoms with van der Waals surface area (Å²) in [6.07, 6.45) is 0.533. The maximum absolute atomic E-state index is 12.1. The van der Waals surface area contributed by atoms with Crippen LogP contribution in [0, 0.1) is 17.8 Å². The topological polar surface area (TPSA) is 67.4 Å². The summed E-state index contributed by atoms with van der Waals surface area (Å²) in [6.45, 7) is 5.42. The van der Waals surface area contributed by atoms with Crippen molar-refractivity contribution in [3.8, 4) is 0 Å². The molecule has 18 heavy (non-hydrogen) atoms. The van der Waals surface area contributed by atoms with E-state index in [9.17, 15) is 9.59 Å². The minimum absolute atomic E-state index is 0. The Balaban J connectivity index is 0.00000162. The molecule has 2 fully saturated rings. The van der Waals surface area contributed by atoms with Gasteiger partial charge in [0.15, 0.2) is 0 Å². The Morgan fingerprint density at radius 1 is 1.39 bits per heavy atom. The van der Waals surface area contributed by atoms with Gasteiger partial charge in [0.25, 0.3) is 0 Å². The molecule has 1 heterocycles. The lowest BCUT2D eigenvalue weighted by atomic mass is 9.98. The molecule has 1 aliphatic heterocycles. The summed E-state index contributed by atoms with van der Waals surface area (Å²) in [6, 6.07) is 0. The predicted octanol–water partition coefficient (Wildman–Crippen LogP) is 0.331. The van der Waals surface area contributed by atoms with Crippen LogP contribution >= 0.6 is 12.4 Å². The second-order valence-corrected chi connectivity index (χ2v) is 5.18. The molecule has 2 unspecified atom stereocenters. The van der Waals surface area contributed by atoms with Crippen LogP contribution in [-0.2, 0) is 14.3 Å². The van der Waals surface area contributed by atoms with Crippen LogP contribution in [0.3, 0.4) is 0 Å². The second kappa shape index (κ2) is 5.45. The number of hydrogen-bond donors (Lipinski definition) is 2. The zero-order chi connectivity index (χ0) is 12.6. The summed E-state index contributed by atoms with van der Waals surface area (Å²) < 4.78 is 4.74. The van der Waals surface area contributed by atoms with E-state index in [4.69, 9.17) is 4.74 Å². The van der Waals surface area contributed by atoms with E-state index < -0.39 is 5.54 Å². The molecule has 1 aliphatic carbocycles. The fraction of sp³-hybridized carbons (Fsp3) is 0.833. The third kappa shape index (κ3) is 2.47. The fourth-order valence-electron chi connectivity index (χ4n) is 2.67. The maximum Gasteiger partial charge on any atom is 0.331 e. The van der Waals surface area contributed by atoms with Crippen molar-refractivity contribution in [2.45, 2.75) is 25.8 Å². The number of hydrogen-bond acceptors (Lipinski definition) is 4. The van der Waals surface area contributed by atoms with E-state index in [1.54, 1.807) is 6.92 Å². The molecule has 1 saturated heterocycles. The van der Waals surface area contributed by atoms with E-state index >= 15 is 0 Å². The van der Waals surface area contributed by atoms with Crippen molar-refractivity contribution >= 4 is 24.3 Å². The summed E-state index contributed by atoms with van der Waals surface area (Å²) >= 11 is 0. The number of esters is 1. The van der Waals surface area contributed by atoms with E-state index in [0.29, 0.717) is 18.3 Å². The fourth-order valence-corrected chi connectivity index (χ4v) is 2.67. The van der Waals surface area contributed by atoms with Gasteiger partial charge in [-0.3, -0.25) is 4.79 Å². The van der Waals surface area contributed by atoms with Gasteiger partial charge in [-0.2, -0.15) is 0 Å². The van der Waals surface area contributed by atoms with Crippen LogP contribution in [0.1, 0.15) is 20.3 Å². The quantitative estimate of drug-likeness (QED) is 0.727. The number of ether oxygens (including phenoxy) is 1. The predicted molar refractivity (Wildman–Crippen MR) is 69.4 cm³/mol. The third-order valence-corrected chi connectivity index (χ3v) is 4.14. The minimum Gasteiger partial charge on any atom is -0.467 e. The Labute approximate surface area is 113 Å². The number of rotatable bonds is 4. The average molecular weight is 277 g/mol. The highest BCUT2D eigenvalue weighted by molar-refractivity contribution is 5.90. The molecular formula is C12H21ClN2O3. The Morgan fingerprint density at radius 2 is 1.94 bits per heavy atom. The molecule has 6 heteroatoms. The molecule has 1 amide bonds. The van der Waals surface area contributed by atoms with Crippen molar-refractivity contribution in [1.29, 1.82) is 0 Å². The largest absolute Gasteiger partial charge is 0.467 e. The molecule has 0 radical (unpaired) electrons. The highest BCUT2D eigenvalue weighted by atomic mass is 35.5. The molecule has 2 N–H and O–H groups in total. The van der Waals surface area contributed by atoms with E-state index in [0.717, 1.165) is 13.1 Å². The van der Waals surface area contributed by atoms with Crippen molar-refractivity contribution in [2.24, 2.45) is 17.8 Å². The lowest BCUT2D eigenvalue weighted by Gasteiger charge is -2.26. The van der Waals surface area contributed by atoms with Gasteiger partial charge in [-0.25, -0.2) is 4.79 Å². The summed E-state index contributed by atoms with van der Waals surface area (Å²) in [4.78, 5) is 23.7. The van der Waals surface area contributed by atoms with Crippen molar-refractivity contribution in [2.75, 3.05) is 20.2 Å². The van der Waals surface area contributed by atoms with E-state index in [1.807, 2.05) is 6.92 Å². The van der Waals surface area contributed by atoms with Crippen LogP contribution in [0.15, 0.2) is 0 Å². The third-order valence-electron chi connectivity index (χ3n) is 4.14. The first-order valence-electron chi connectivity index (χ1n) is 6.14. The number of fused-ring (bicyclic) bond motifs is 1. The first-order valence-corrected chi connectivity index (χ1v) is 6.14. The summed E-state index contributed by atoms with van der Waals surface area (Å²) in [5.74, 6) is 0.642. The van der Waals surface area contributed by atoms with Crippen LogP contribution in [0.2, 0.25) is 0 Å². The molecule has 0 aromatic carbocycles. The minimum atomic E-state index is -0.893. The summed E-state index contributed by atoms with van der Waals surface area (Å²) in [5.41, 5.74) is -0.893. The molecule has 5 nitrogen and oxygen atoms in total. The monoisotopic (exact) mass is 276 g/mol. The summed E-state index contributed by atoms with van der Waals surface area (Å²) in [7, 11) is 1.35. The SMILES string of the molecule is CCC(C)(NC(=O)C1[C@H]2CNC[C@@H]12)C(=O)OC.Cl. The van der Waals surface area contributed by atoms with Crippen LogP contribution < -0.4 is 10.6 Å². The van der Waals surface area contributed by atoms with Crippen LogP contribution in [0.5, 0.6) is 0 Å². The molecule has 0 bridgehead atoms. The standard InChI is InChI=1S/C12H20N2O3.ClH/c1-4-12(2,11(16)17-3)14-10(15)9-7-5-13-6-8(7)9;/h7-9,13H,4-6H2,1-3H3,(H,14,15);1H/t7-,8+,9?,12?;. The van der Waals surface area contributed by atoms with Gasteiger partial charge in [0, 0.05) is 5.92 Å². The lowest BCUT2D eigenvalue weighted by Crippen LogP contribution is -2.53. The van der Waals surface area contributed by atoms with Crippen molar-refractivity contribution in [3.05, 3.63) is 0 Å². The van der Waals surface area contributed by atoms with Gasteiger partial charge in [-0.15, -0.1) is 12.4 Å². The average Bonchev–Trinajstić information content (AvgIpc) is 2.82. The second-order valence-electron chi connectivity index (χ2n) is 5.18. The summed E-state index contributed by atoms with van der Waals surface area (Å²) in [5, 5.41) is 6.09. The van der Waals surface area contributed by atoms with Crippen LogP contribution in [0.4, 0.5) is 0 Å². The number of methoxy groups -OCH3 is 1. The highest BCUT2D eigenvalue weighted by Gasteiger charge is 2.57. The normalized spacial score (nSPS) is 31.6. The van der Waals surface area contributed by atoms with E-state index in [1.165, 1.54) is 7.11 Å².